The van der Waals surface area contributed by atoms with Gasteiger partial charge in [0.25, 0.3) is 0 Å². The molecule has 17 heavy (non-hydrogen) atoms. The molecular weight excluding hydrogens is 214 g/mol. The fourth-order valence-electron chi connectivity index (χ4n) is 2.42. The average molecular weight is 233 g/mol. The van der Waals surface area contributed by atoms with Crippen molar-refractivity contribution >= 4 is 11.7 Å². The van der Waals surface area contributed by atoms with E-state index in [0.29, 0.717) is 6.42 Å². The summed E-state index contributed by atoms with van der Waals surface area (Å²) in [7, 11) is 0. The zero-order chi connectivity index (χ0) is 12.3. The molecule has 0 spiro atoms. The second kappa shape index (κ2) is 5.21. The average Bonchev–Trinajstić information content (AvgIpc) is 2.80. The van der Waals surface area contributed by atoms with E-state index in [9.17, 15) is 4.79 Å². The van der Waals surface area contributed by atoms with Crippen LogP contribution in [0.15, 0.2) is 18.2 Å². The van der Waals surface area contributed by atoms with Gasteiger partial charge in [0.15, 0.2) is 0 Å². The van der Waals surface area contributed by atoms with Crippen molar-refractivity contribution in [2.45, 2.75) is 32.6 Å². The molecule has 1 fully saturated rings. The number of aryl methyl sites for hydroxylation is 2. The molecule has 3 nitrogen and oxygen atoms in total. The lowest BCUT2D eigenvalue weighted by atomic mass is 10.0. The van der Waals surface area contributed by atoms with Gasteiger partial charge in [-0.15, -0.1) is 0 Å². The maximum absolute atomic E-state index is 10.7. The molecule has 1 saturated heterocycles. The van der Waals surface area contributed by atoms with E-state index in [1.807, 2.05) is 0 Å². The van der Waals surface area contributed by atoms with Gasteiger partial charge in [0.1, 0.15) is 0 Å². The van der Waals surface area contributed by atoms with E-state index >= 15 is 0 Å². The number of carboxylic acids is 1. The highest BCUT2D eigenvalue weighted by Gasteiger charge is 2.16. The predicted octanol–water partition coefficient (Wildman–Crippen LogP) is 2.61. The van der Waals surface area contributed by atoms with Crippen LogP contribution in [0.2, 0.25) is 0 Å². The molecule has 2 rings (SSSR count). The molecular formula is C14H19NO2. The molecule has 0 aliphatic carbocycles. The smallest absolute Gasteiger partial charge is 0.303 e. The first-order valence-corrected chi connectivity index (χ1v) is 6.23. The summed E-state index contributed by atoms with van der Waals surface area (Å²) in [6.45, 7) is 4.25. The highest BCUT2D eigenvalue weighted by atomic mass is 16.4. The summed E-state index contributed by atoms with van der Waals surface area (Å²) in [5.74, 6) is -0.723. The van der Waals surface area contributed by atoms with Crippen LogP contribution >= 0.6 is 0 Å². The molecule has 1 aliphatic heterocycles. The SMILES string of the molecule is Cc1ccc(N2CCCC2)c(CCC(=O)O)c1. The minimum Gasteiger partial charge on any atom is -0.481 e. The Balaban J connectivity index is 2.20. The van der Waals surface area contributed by atoms with Crippen LogP contribution in [-0.2, 0) is 11.2 Å². The van der Waals surface area contributed by atoms with E-state index in [1.165, 1.54) is 29.7 Å². The number of aliphatic carboxylic acids is 1. The Morgan fingerprint density at radius 3 is 2.71 bits per heavy atom. The largest absolute Gasteiger partial charge is 0.481 e. The number of hydrogen-bond acceptors (Lipinski definition) is 2. The highest BCUT2D eigenvalue weighted by molar-refractivity contribution is 5.68. The molecule has 1 aliphatic rings. The number of carboxylic acid groups (broad SMARTS) is 1. The third kappa shape index (κ3) is 2.99. The summed E-state index contributed by atoms with van der Waals surface area (Å²) in [5, 5.41) is 8.79. The van der Waals surface area contributed by atoms with Crippen LogP contribution in [0.25, 0.3) is 0 Å². The van der Waals surface area contributed by atoms with E-state index in [1.54, 1.807) is 0 Å². The van der Waals surface area contributed by atoms with Crippen LogP contribution in [0.1, 0.15) is 30.4 Å². The van der Waals surface area contributed by atoms with E-state index < -0.39 is 5.97 Å². The topological polar surface area (TPSA) is 40.5 Å². The lowest BCUT2D eigenvalue weighted by Gasteiger charge is -2.21. The Bertz CT molecular complexity index is 409. The number of anilines is 1. The molecule has 0 bridgehead atoms. The van der Waals surface area contributed by atoms with Gasteiger partial charge in [-0.3, -0.25) is 4.79 Å². The molecule has 1 aromatic rings. The Labute approximate surface area is 102 Å². The van der Waals surface area contributed by atoms with Crippen LogP contribution in [0.5, 0.6) is 0 Å². The van der Waals surface area contributed by atoms with Gasteiger partial charge in [-0.1, -0.05) is 17.7 Å². The summed E-state index contributed by atoms with van der Waals surface area (Å²) >= 11 is 0. The second-order valence-corrected chi connectivity index (χ2v) is 4.72. The molecule has 1 heterocycles. The summed E-state index contributed by atoms with van der Waals surface area (Å²) in [4.78, 5) is 13.0. The summed E-state index contributed by atoms with van der Waals surface area (Å²) in [5.41, 5.74) is 3.61. The highest BCUT2D eigenvalue weighted by Crippen LogP contribution is 2.26. The van der Waals surface area contributed by atoms with Crippen molar-refractivity contribution < 1.29 is 9.90 Å². The number of hydrogen-bond donors (Lipinski definition) is 1. The normalized spacial score (nSPS) is 15.2. The number of nitrogens with zero attached hydrogens (tertiary/aromatic N) is 1. The van der Waals surface area contributed by atoms with Crippen LogP contribution in [0.3, 0.4) is 0 Å². The lowest BCUT2D eigenvalue weighted by molar-refractivity contribution is -0.136. The zero-order valence-corrected chi connectivity index (χ0v) is 10.3. The fourth-order valence-corrected chi connectivity index (χ4v) is 2.42. The van der Waals surface area contributed by atoms with Crippen molar-refractivity contribution in [2.24, 2.45) is 0 Å². The predicted molar refractivity (Wildman–Crippen MR) is 68.6 cm³/mol. The first-order valence-electron chi connectivity index (χ1n) is 6.23. The molecule has 0 radical (unpaired) electrons. The van der Waals surface area contributed by atoms with Gasteiger partial charge in [-0.05, 0) is 37.8 Å². The number of rotatable bonds is 4. The third-order valence-electron chi connectivity index (χ3n) is 3.29. The molecule has 0 amide bonds. The number of carbonyl (C=O) groups is 1. The molecule has 92 valence electrons. The molecule has 0 unspecified atom stereocenters. The minimum absolute atomic E-state index is 0.213. The van der Waals surface area contributed by atoms with Crippen LogP contribution < -0.4 is 4.90 Å². The van der Waals surface area contributed by atoms with Gasteiger partial charge in [0.2, 0.25) is 0 Å². The second-order valence-electron chi connectivity index (χ2n) is 4.72. The first-order chi connectivity index (χ1) is 8.16. The maximum atomic E-state index is 10.7. The van der Waals surface area contributed by atoms with E-state index in [-0.39, 0.29) is 6.42 Å². The van der Waals surface area contributed by atoms with Crippen LogP contribution in [0, 0.1) is 6.92 Å². The lowest BCUT2D eigenvalue weighted by Crippen LogP contribution is -2.19. The van der Waals surface area contributed by atoms with E-state index in [0.717, 1.165) is 13.1 Å². The number of benzene rings is 1. The van der Waals surface area contributed by atoms with Crippen molar-refractivity contribution in [1.29, 1.82) is 0 Å². The zero-order valence-electron chi connectivity index (χ0n) is 10.3. The Morgan fingerprint density at radius 2 is 2.06 bits per heavy atom. The van der Waals surface area contributed by atoms with Crippen molar-refractivity contribution in [3.05, 3.63) is 29.3 Å². The quantitative estimate of drug-likeness (QED) is 0.869. The Morgan fingerprint density at radius 1 is 1.35 bits per heavy atom. The van der Waals surface area contributed by atoms with Gasteiger partial charge < -0.3 is 10.0 Å². The Hall–Kier alpha value is -1.51. The molecule has 1 N–H and O–H groups in total. The van der Waals surface area contributed by atoms with Crippen LogP contribution in [-0.4, -0.2) is 24.2 Å². The van der Waals surface area contributed by atoms with Crippen molar-refractivity contribution in [3.63, 3.8) is 0 Å². The van der Waals surface area contributed by atoms with Gasteiger partial charge >= 0.3 is 5.97 Å². The van der Waals surface area contributed by atoms with Crippen molar-refractivity contribution in [1.82, 2.24) is 0 Å². The van der Waals surface area contributed by atoms with Gasteiger partial charge in [-0.2, -0.15) is 0 Å². The van der Waals surface area contributed by atoms with E-state index in [4.69, 9.17) is 5.11 Å². The van der Waals surface area contributed by atoms with Gasteiger partial charge in [0, 0.05) is 25.2 Å². The summed E-state index contributed by atoms with van der Waals surface area (Å²) < 4.78 is 0. The summed E-state index contributed by atoms with van der Waals surface area (Å²) in [6, 6.07) is 6.37. The van der Waals surface area contributed by atoms with Gasteiger partial charge in [0.05, 0.1) is 0 Å². The van der Waals surface area contributed by atoms with Crippen molar-refractivity contribution in [3.8, 4) is 0 Å². The molecule has 0 aromatic heterocycles. The Kier molecular flexibility index (Phi) is 3.67. The first kappa shape index (κ1) is 12.0. The summed E-state index contributed by atoms with van der Waals surface area (Å²) in [6.07, 6.45) is 3.33. The monoisotopic (exact) mass is 233 g/mol. The molecule has 0 atom stereocenters. The standard InChI is InChI=1S/C14H19NO2/c1-11-4-6-13(15-8-2-3-9-15)12(10-11)5-7-14(16)17/h4,6,10H,2-3,5,7-9H2,1H3,(H,16,17). The van der Waals surface area contributed by atoms with Crippen molar-refractivity contribution in [2.75, 3.05) is 18.0 Å². The third-order valence-corrected chi connectivity index (χ3v) is 3.29. The molecule has 0 saturated carbocycles. The minimum atomic E-state index is -0.723. The maximum Gasteiger partial charge on any atom is 0.303 e. The molecule has 1 aromatic carbocycles. The van der Waals surface area contributed by atoms with E-state index in [2.05, 4.69) is 30.0 Å². The fraction of sp³-hybridized carbons (Fsp3) is 0.500. The molecule has 3 heteroatoms. The van der Waals surface area contributed by atoms with Gasteiger partial charge in [-0.25, -0.2) is 0 Å². The van der Waals surface area contributed by atoms with Crippen LogP contribution in [0.4, 0.5) is 5.69 Å².